The maximum atomic E-state index is 11.7. The Labute approximate surface area is 102 Å². The smallest absolute Gasteiger partial charge is 0.224 e. The van der Waals surface area contributed by atoms with Crippen LogP contribution in [0.15, 0.2) is 24.5 Å². The van der Waals surface area contributed by atoms with Gasteiger partial charge in [0.15, 0.2) is 0 Å². The lowest BCUT2D eigenvalue weighted by molar-refractivity contribution is -0.116. The number of nitrogens with one attached hydrogen (secondary N) is 2. The van der Waals surface area contributed by atoms with Crippen molar-refractivity contribution in [3.05, 3.63) is 24.5 Å². The number of amides is 1. The predicted octanol–water partition coefficient (Wildman–Crippen LogP) is 1.80. The Morgan fingerprint density at radius 2 is 2.53 bits per heavy atom. The molecule has 1 unspecified atom stereocenters. The average Bonchev–Trinajstić information content (AvgIpc) is 2.39. The molecule has 4 heteroatoms. The Balaban J connectivity index is 1.70. The monoisotopic (exact) mass is 233 g/mol. The third-order valence-electron chi connectivity index (χ3n) is 3.12. The van der Waals surface area contributed by atoms with E-state index in [1.165, 1.54) is 12.8 Å². The van der Waals surface area contributed by atoms with Crippen molar-refractivity contribution in [1.29, 1.82) is 0 Å². The summed E-state index contributed by atoms with van der Waals surface area (Å²) in [5.41, 5.74) is 0.777. The standard InChI is InChI=1S/C13H19N3O/c17-13(16-12-4-2-8-15-10-12)6-5-11-3-1-7-14-9-11/h2,4,8,10-11,14H,1,3,5-7,9H2,(H,16,17). The third kappa shape index (κ3) is 4.15. The van der Waals surface area contributed by atoms with Gasteiger partial charge in [-0.05, 0) is 50.4 Å². The summed E-state index contributed by atoms with van der Waals surface area (Å²) in [4.78, 5) is 15.7. The van der Waals surface area contributed by atoms with E-state index in [4.69, 9.17) is 0 Å². The van der Waals surface area contributed by atoms with Crippen molar-refractivity contribution in [2.24, 2.45) is 5.92 Å². The number of rotatable bonds is 4. The van der Waals surface area contributed by atoms with Crippen LogP contribution in [0.1, 0.15) is 25.7 Å². The largest absolute Gasteiger partial charge is 0.325 e. The van der Waals surface area contributed by atoms with Gasteiger partial charge >= 0.3 is 0 Å². The highest BCUT2D eigenvalue weighted by Gasteiger charge is 2.14. The maximum Gasteiger partial charge on any atom is 0.224 e. The van der Waals surface area contributed by atoms with Gasteiger partial charge in [-0.15, -0.1) is 0 Å². The van der Waals surface area contributed by atoms with Crippen LogP contribution < -0.4 is 10.6 Å². The van der Waals surface area contributed by atoms with Crippen molar-refractivity contribution in [3.8, 4) is 0 Å². The number of hydrogen-bond donors (Lipinski definition) is 2. The van der Waals surface area contributed by atoms with E-state index in [1.54, 1.807) is 12.4 Å². The number of pyridine rings is 1. The second-order valence-electron chi connectivity index (χ2n) is 4.54. The molecule has 0 saturated carbocycles. The number of hydrogen-bond acceptors (Lipinski definition) is 3. The highest BCUT2D eigenvalue weighted by Crippen LogP contribution is 2.16. The second kappa shape index (κ2) is 6.35. The van der Waals surface area contributed by atoms with Crippen LogP contribution >= 0.6 is 0 Å². The van der Waals surface area contributed by atoms with Crippen molar-refractivity contribution < 1.29 is 4.79 Å². The van der Waals surface area contributed by atoms with Gasteiger partial charge < -0.3 is 10.6 Å². The van der Waals surface area contributed by atoms with Crippen LogP contribution in [0.4, 0.5) is 5.69 Å². The molecule has 0 bridgehead atoms. The molecular formula is C13H19N3O. The molecule has 1 fully saturated rings. The maximum absolute atomic E-state index is 11.7. The molecule has 1 saturated heterocycles. The predicted molar refractivity (Wildman–Crippen MR) is 67.7 cm³/mol. The van der Waals surface area contributed by atoms with E-state index in [9.17, 15) is 4.79 Å². The molecule has 92 valence electrons. The van der Waals surface area contributed by atoms with Crippen molar-refractivity contribution in [2.45, 2.75) is 25.7 Å². The SMILES string of the molecule is O=C(CCC1CCCNC1)Nc1cccnc1. The van der Waals surface area contributed by atoms with Crippen molar-refractivity contribution in [2.75, 3.05) is 18.4 Å². The second-order valence-corrected chi connectivity index (χ2v) is 4.54. The molecule has 1 aliphatic heterocycles. The lowest BCUT2D eigenvalue weighted by Gasteiger charge is -2.22. The molecule has 1 aliphatic rings. The Morgan fingerprint density at radius 3 is 3.24 bits per heavy atom. The number of carbonyl (C=O) groups is 1. The van der Waals surface area contributed by atoms with E-state index in [2.05, 4.69) is 15.6 Å². The van der Waals surface area contributed by atoms with E-state index in [1.807, 2.05) is 12.1 Å². The van der Waals surface area contributed by atoms with Crippen LogP contribution in [0.5, 0.6) is 0 Å². The summed E-state index contributed by atoms with van der Waals surface area (Å²) in [6, 6.07) is 3.67. The minimum absolute atomic E-state index is 0.0866. The lowest BCUT2D eigenvalue weighted by Crippen LogP contribution is -2.30. The first-order chi connectivity index (χ1) is 8.34. The van der Waals surface area contributed by atoms with Crippen LogP contribution in [-0.4, -0.2) is 24.0 Å². The van der Waals surface area contributed by atoms with Gasteiger partial charge in [-0.3, -0.25) is 9.78 Å². The highest BCUT2D eigenvalue weighted by molar-refractivity contribution is 5.90. The molecule has 1 amide bonds. The summed E-state index contributed by atoms with van der Waals surface area (Å²) in [6.45, 7) is 2.18. The van der Waals surface area contributed by atoms with Crippen LogP contribution in [0.3, 0.4) is 0 Å². The quantitative estimate of drug-likeness (QED) is 0.833. The number of piperidine rings is 1. The molecule has 2 N–H and O–H groups in total. The fourth-order valence-corrected chi connectivity index (χ4v) is 2.17. The zero-order chi connectivity index (χ0) is 11.9. The molecule has 2 rings (SSSR count). The van der Waals surface area contributed by atoms with Crippen LogP contribution in [0.25, 0.3) is 0 Å². The highest BCUT2D eigenvalue weighted by atomic mass is 16.1. The van der Waals surface area contributed by atoms with Crippen molar-refractivity contribution in [1.82, 2.24) is 10.3 Å². The summed E-state index contributed by atoms with van der Waals surface area (Å²) in [5.74, 6) is 0.743. The summed E-state index contributed by atoms with van der Waals surface area (Å²) in [5, 5.41) is 6.23. The van der Waals surface area contributed by atoms with Crippen molar-refractivity contribution >= 4 is 11.6 Å². The molecule has 1 atom stereocenters. The normalized spacial score (nSPS) is 19.9. The Bertz CT molecular complexity index is 347. The van der Waals surface area contributed by atoms with E-state index >= 15 is 0 Å². The first-order valence-electron chi connectivity index (χ1n) is 6.25. The van der Waals surface area contributed by atoms with Crippen LogP contribution in [0, 0.1) is 5.92 Å². The molecule has 0 spiro atoms. The Morgan fingerprint density at radius 1 is 1.59 bits per heavy atom. The average molecular weight is 233 g/mol. The summed E-state index contributed by atoms with van der Waals surface area (Å²) in [7, 11) is 0. The van der Waals surface area contributed by atoms with E-state index < -0.39 is 0 Å². The molecule has 17 heavy (non-hydrogen) atoms. The zero-order valence-corrected chi connectivity index (χ0v) is 9.98. The van der Waals surface area contributed by atoms with Crippen LogP contribution in [-0.2, 0) is 4.79 Å². The first kappa shape index (κ1) is 12.0. The minimum atomic E-state index is 0.0866. The summed E-state index contributed by atoms with van der Waals surface area (Å²) < 4.78 is 0. The topological polar surface area (TPSA) is 54.0 Å². The number of carbonyl (C=O) groups excluding carboxylic acids is 1. The molecular weight excluding hydrogens is 214 g/mol. The van der Waals surface area contributed by atoms with Gasteiger partial charge in [0.05, 0.1) is 11.9 Å². The Kier molecular flexibility index (Phi) is 4.50. The van der Waals surface area contributed by atoms with Gasteiger partial charge in [-0.2, -0.15) is 0 Å². The van der Waals surface area contributed by atoms with Crippen molar-refractivity contribution in [3.63, 3.8) is 0 Å². The van der Waals surface area contributed by atoms with Gasteiger partial charge in [0.25, 0.3) is 0 Å². The molecule has 1 aromatic heterocycles. The van der Waals surface area contributed by atoms with Gasteiger partial charge in [0, 0.05) is 12.6 Å². The molecule has 1 aromatic rings. The minimum Gasteiger partial charge on any atom is -0.325 e. The van der Waals surface area contributed by atoms with E-state index in [0.717, 1.165) is 25.2 Å². The van der Waals surface area contributed by atoms with Crippen LogP contribution in [0.2, 0.25) is 0 Å². The molecule has 0 aromatic carbocycles. The van der Waals surface area contributed by atoms with Gasteiger partial charge in [0.1, 0.15) is 0 Å². The molecule has 2 heterocycles. The summed E-state index contributed by atoms with van der Waals surface area (Å²) >= 11 is 0. The van der Waals surface area contributed by atoms with E-state index in [-0.39, 0.29) is 5.91 Å². The molecule has 4 nitrogen and oxygen atoms in total. The van der Waals surface area contributed by atoms with Gasteiger partial charge in [-0.25, -0.2) is 0 Å². The van der Waals surface area contributed by atoms with Gasteiger partial charge in [0.2, 0.25) is 5.91 Å². The molecule has 0 aliphatic carbocycles. The summed E-state index contributed by atoms with van der Waals surface area (Å²) in [6.07, 6.45) is 7.41. The number of anilines is 1. The first-order valence-corrected chi connectivity index (χ1v) is 6.25. The fraction of sp³-hybridized carbons (Fsp3) is 0.538. The zero-order valence-electron chi connectivity index (χ0n) is 9.98. The molecule has 0 radical (unpaired) electrons. The lowest BCUT2D eigenvalue weighted by atomic mass is 9.94. The Hall–Kier alpha value is -1.42. The van der Waals surface area contributed by atoms with E-state index in [0.29, 0.717) is 12.3 Å². The van der Waals surface area contributed by atoms with Gasteiger partial charge in [-0.1, -0.05) is 0 Å². The third-order valence-corrected chi connectivity index (χ3v) is 3.12. The fourth-order valence-electron chi connectivity index (χ4n) is 2.17. The number of nitrogens with zero attached hydrogens (tertiary/aromatic N) is 1. The number of aromatic nitrogens is 1.